The van der Waals surface area contributed by atoms with Crippen LogP contribution in [0.3, 0.4) is 0 Å². The SMILES string of the molecule is CCOC(=O)C(=C(Cl)Cl)c1c(F)cc(F)cc1F. The number of ether oxygens (including phenoxy) is 1. The molecule has 98 valence electrons. The molecule has 0 aliphatic heterocycles. The normalized spacial score (nSPS) is 10.1. The van der Waals surface area contributed by atoms with Crippen LogP contribution < -0.4 is 0 Å². The highest BCUT2D eigenvalue weighted by Crippen LogP contribution is 2.30. The summed E-state index contributed by atoms with van der Waals surface area (Å²) in [5, 5.41) is 0. The van der Waals surface area contributed by atoms with E-state index in [1.54, 1.807) is 0 Å². The second kappa shape index (κ2) is 6.11. The summed E-state index contributed by atoms with van der Waals surface area (Å²) in [7, 11) is 0. The molecule has 0 heterocycles. The first-order valence-corrected chi connectivity index (χ1v) is 5.51. The van der Waals surface area contributed by atoms with Crippen molar-refractivity contribution < 1.29 is 22.7 Å². The summed E-state index contributed by atoms with van der Waals surface area (Å²) in [6.07, 6.45) is 0. The number of carbonyl (C=O) groups excluding carboxylic acids is 1. The third kappa shape index (κ3) is 3.17. The highest BCUT2D eigenvalue weighted by Gasteiger charge is 2.25. The molecule has 0 aliphatic rings. The summed E-state index contributed by atoms with van der Waals surface area (Å²) in [6, 6.07) is 0.822. The van der Waals surface area contributed by atoms with E-state index in [0.29, 0.717) is 12.1 Å². The van der Waals surface area contributed by atoms with Gasteiger partial charge in [-0.3, -0.25) is 0 Å². The zero-order valence-electron chi connectivity index (χ0n) is 9.07. The molecule has 0 saturated heterocycles. The van der Waals surface area contributed by atoms with Crippen LogP contribution in [-0.4, -0.2) is 12.6 Å². The van der Waals surface area contributed by atoms with E-state index in [0.717, 1.165) is 0 Å². The Balaban J connectivity index is 3.42. The molecule has 0 radical (unpaired) electrons. The van der Waals surface area contributed by atoms with Gasteiger partial charge >= 0.3 is 5.97 Å². The molecule has 18 heavy (non-hydrogen) atoms. The zero-order valence-corrected chi connectivity index (χ0v) is 10.6. The van der Waals surface area contributed by atoms with Crippen molar-refractivity contribution in [2.45, 2.75) is 6.92 Å². The van der Waals surface area contributed by atoms with E-state index >= 15 is 0 Å². The molecule has 0 atom stereocenters. The van der Waals surface area contributed by atoms with E-state index in [2.05, 4.69) is 4.74 Å². The second-order valence-electron chi connectivity index (χ2n) is 3.10. The maximum Gasteiger partial charge on any atom is 0.341 e. The standard InChI is InChI=1S/C11H7Cl2F3O2/c1-2-18-11(17)9(10(12)13)8-6(15)3-5(14)4-7(8)16/h3-4H,2H2,1H3. The van der Waals surface area contributed by atoms with Crippen molar-refractivity contribution in [3.8, 4) is 0 Å². The summed E-state index contributed by atoms with van der Waals surface area (Å²) >= 11 is 10.8. The largest absolute Gasteiger partial charge is 0.462 e. The van der Waals surface area contributed by atoms with E-state index in [4.69, 9.17) is 23.2 Å². The molecule has 0 fully saturated rings. The summed E-state index contributed by atoms with van der Waals surface area (Å²) in [6.45, 7) is 1.46. The molecule has 1 rings (SSSR count). The van der Waals surface area contributed by atoms with Crippen LogP contribution in [0, 0.1) is 17.5 Å². The average Bonchev–Trinajstić information content (AvgIpc) is 2.22. The van der Waals surface area contributed by atoms with Crippen LogP contribution in [0.15, 0.2) is 16.6 Å². The monoisotopic (exact) mass is 298 g/mol. The quantitative estimate of drug-likeness (QED) is 0.626. The predicted octanol–water partition coefficient (Wildman–Crippen LogP) is 3.81. The van der Waals surface area contributed by atoms with Crippen LogP contribution in [-0.2, 0) is 9.53 Å². The zero-order chi connectivity index (χ0) is 13.9. The first-order valence-electron chi connectivity index (χ1n) is 4.75. The van der Waals surface area contributed by atoms with E-state index in [1.807, 2.05) is 0 Å². The van der Waals surface area contributed by atoms with Crippen LogP contribution in [0.2, 0.25) is 0 Å². The fourth-order valence-electron chi connectivity index (χ4n) is 1.26. The second-order valence-corrected chi connectivity index (χ2v) is 4.05. The molecule has 0 N–H and O–H groups in total. The molecule has 0 unspecified atom stereocenters. The lowest BCUT2D eigenvalue weighted by molar-refractivity contribution is -0.136. The van der Waals surface area contributed by atoms with Gasteiger partial charge in [-0.2, -0.15) is 0 Å². The minimum absolute atomic E-state index is 0.0339. The van der Waals surface area contributed by atoms with Crippen molar-refractivity contribution >= 4 is 34.7 Å². The van der Waals surface area contributed by atoms with Crippen LogP contribution in [0.5, 0.6) is 0 Å². The molecule has 0 saturated carbocycles. The van der Waals surface area contributed by atoms with Gasteiger partial charge in [-0.25, -0.2) is 18.0 Å². The Morgan fingerprint density at radius 3 is 2.11 bits per heavy atom. The summed E-state index contributed by atoms with van der Waals surface area (Å²) in [5.74, 6) is -4.81. The lowest BCUT2D eigenvalue weighted by Gasteiger charge is -2.09. The third-order valence-corrected chi connectivity index (χ3v) is 2.30. The summed E-state index contributed by atoms with van der Waals surface area (Å²) in [5.41, 5.74) is -1.51. The molecule has 1 aromatic carbocycles. The fourth-order valence-corrected chi connectivity index (χ4v) is 1.60. The molecule has 0 spiro atoms. The Kier molecular flexibility index (Phi) is 5.04. The fraction of sp³-hybridized carbons (Fsp3) is 0.182. The lowest BCUT2D eigenvalue weighted by Crippen LogP contribution is -2.10. The molecule has 2 nitrogen and oxygen atoms in total. The minimum Gasteiger partial charge on any atom is -0.462 e. The van der Waals surface area contributed by atoms with Crippen molar-refractivity contribution in [3.63, 3.8) is 0 Å². The van der Waals surface area contributed by atoms with E-state index in [1.165, 1.54) is 6.92 Å². The Hall–Kier alpha value is -1.20. The maximum atomic E-state index is 13.5. The van der Waals surface area contributed by atoms with Crippen LogP contribution >= 0.6 is 23.2 Å². The van der Waals surface area contributed by atoms with Crippen molar-refractivity contribution in [2.24, 2.45) is 0 Å². The number of rotatable bonds is 3. The van der Waals surface area contributed by atoms with Gasteiger partial charge in [0, 0.05) is 12.1 Å². The predicted molar refractivity (Wildman–Crippen MR) is 61.6 cm³/mol. The van der Waals surface area contributed by atoms with Crippen molar-refractivity contribution in [1.82, 2.24) is 0 Å². The minimum atomic E-state index is -1.30. The number of hydrogen-bond acceptors (Lipinski definition) is 2. The van der Waals surface area contributed by atoms with E-state index < -0.39 is 39.0 Å². The number of halogens is 5. The van der Waals surface area contributed by atoms with Crippen LogP contribution in [0.25, 0.3) is 5.57 Å². The molecular formula is C11H7Cl2F3O2. The lowest BCUT2D eigenvalue weighted by atomic mass is 10.1. The number of hydrogen-bond donors (Lipinski definition) is 0. The molecular weight excluding hydrogens is 292 g/mol. The summed E-state index contributed by atoms with van der Waals surface area (Å²) in [4.78, 5) is 11.5. The highest BCUT2D eigenvalue weighted by molar-refractivity contribution is 6.61. The van der Waals surface area contributed by atoms with Gasteiger partial charge in [0.1, 0.15) is 27.5 Å². The van der Waals surface area contributed by atoms with Gasteiger partial charge in [0.25, 0.3) is 0 Å². The number of esters is 1. The van der Waals surface area contributed by atoms with Gasteiger partial charge in [-0.15, -0.1) is 0 Å². The smallest absolute Gasteiger partial charge is 0.341 e. The Bertz CT molecular complexity index is 488. The first-order chi connectivity index (χ1) is 8.38. The van der Waals surface area contributed by atoms with Gasteiger partial charge < -0.3 is 4.74 Å². The molecule has 0 aliphatic carbocycles. The molecule has 0 bridgehead atoms. The van der Waals surface area contributed by atoms with Crippen molar-refractivity contribution in [2.75, 3.05) is 6.61 Å². The van der Waals surface area contributed by atoms with Gasteiger partial charge in [-0.05, 0) is 6.92 Å². The average molecular weight is 299 g/mol. The molecule has 0 aromatic heterocycles. The van der Waals surface area contributed by atoms with Crippen molar-refractivity contribution in [1.29, 1.82) is 0 Å². The van der Waals surface area contributed by atoms with Gasteiger partial charge in [0.15, 0.2) is 0 Å². The Morgan fingerprint density at radius 2 is 1.72 bits per heavy atom. The van der Waals surface area contributed by atoms with E-state index in [9.17, 15) is 18.0 Å². The van der Waals surface area contributed by atoms with Crippen LogP contribution in [0.1, 0.15) is 12.5 Å². The topological polar surface area (TPSA) is 26.3 Å². The van der Waals surface area contributed by atoms with Gasteiger partial charge in [0.2, 0.25) is 0 Å². The molecule has 1 aromatic rings. The van der Waals surface area contributed by atoms with Gasteiger partial charge in [-0.1, -0.05) is 23.2 Å². The molecule has 7 heteroatoms. The van der Waals surface area contributed by atoms with Crippen molar-refractivity contribution in [3.05, 3.63) is 39.6 Å². The van der Waals surface area contributed by atoms with Gasteiger partial charge in [0.05, 0.1) is 12.2 Å². The number of benzene rings is 1. The summed E-state index contributed by atoms with van der Waals surface area (Å²) < 4.78 is 43.6. The maximum absolute atomic E-state index is 13.5. The Morgan fingerprint density at radius 1 is 1.22 bits per heavy atom. The molecule has 0 amide bonds. The number of carbonyl (C=O) groups is 1. The Labute approximate surface area is 111 Å². The van der Waals surface area contributed by atoms with Crippen LogP contribution in [0.4, 0.5) is 13.2 Å². The highest BCUT2D eigenvalue weighted by atomic mass is 35.5. The third-order valence-electron chi connectivity index (χ3n) is 1.93. The van der Waals surface area contributed by atoms with E-state index in [-0.39, 0.29) is 6.61 Å². The first kappa shape index (κ1) is 14.9.